The van der Waals surface area contributed by atoms with Crippen LogP contribution in [0.4, 0.5) is 0 Å². The molecule has 0 unspecified atom stereocenters. The van der Waals surface area contributed by atoms with Crippen LogP contribution in [0.5, 0.6) is 0 Å². The Morgan fingerprint density at radius 2 is 1.92 bits per heavy atom. The molecule has 0 spiro atoms. The molecule has 0 bridgehead atoms. The monoisotopic (exact) mass is 302 g/mol. The average molecular weight is 304 g/mol. The summed E-state index contributed by atoms with van der Waals surface area (Å²) in [5.41, 5.74) is 0.524. The fourth-order valence-electron chi connectivity index (χ4n) is 1.11. The summed E-state index contributed by atoms with van der Waals surface area (Å²) in [6.07, 6.45) is 1.40. The van der Waals surface area contributed by atoms with E-state index in [9.17, 15) is 4.79 Å². The van der Waals surface area contributed by atoms with Crippen LogP contribution in [0, 0.1) is 0 Å². The van der Waals surface area contributed by atoms with Gasteiger partial charge in [-0.1, -0.05) is 6.07 Å². The van der Waals surface area contributed by atoms with Crippen molar-refractivity contribution in [1.29, 1.82) is 0 Å². The van der Waals surface area contributed by atoms with E-state index < -0.39 is 0 Å². The molecular formula is C9H4Br2O2. The van der Waals surface area contributed by atoms with Crippen molar-refractivity contribution in [2.45, 2.75) is 0 Å². The molecule has 0 saturated heterocycles. The minimum atomic E-state index is -0.0614. The lowest BCUT2D eigenvalue weighted by atomic mass is 10.2. The van der Waals surface area contributed by atoms with Crippen LogP contribution < -0.4 is 5.43 Å². The Morgan fingerprint density at radius 3 is 2.69 bits per heavy atom. The lowest BCUT2D eigenvalue weighted by molar-refractivity contribution is 0.598. The SMILES string of the molecule is O=c1c(Br)coc2cccc(Br)c12. The molecule has 1 heterocycles. The predicted octanol–water partition coefficient (Wildman–Crippen LogP) is 3.32. The molecular weight excluding hydrogens is 300 g/mol. The van der Waals surface area contributed by atoms with Gasteiger partial charge in [0.05, 0.1) is 5.39 Å². The molecule has 0 saturated carbocycles. The zero-order valence-corrected chi connectivity index (χ0v) is 9.55. The van der Waals surface area contributed by atoms with Crippen LogP contribution in [0.3, 0.4) is 0 Å². The van der Waals surface area contributed by atoms with Gasteiger partial charge in [-0.25, -0.2) is 0 Å². The Bertz CT molecular complexity index is 516. The number of hydrogen-bond donors (Lipinski definition) is 0. The van der Waals surface area contributed by atoms with Crippen molar-refractivity contribution in [3.8, 4) is 0 Å². The molecule has 2 nitrogen and oxygen atoms in total. The lowest BCUT2D eigenvalue weighted by Crippen LogP contribution is -2.01. The van der Waals surface area contributed by atoms with Gasteiger partial charge < -0.3 is 4.42 Å². The molecule has 0 aliphatic carbocycles. The first-order chi connectivity index (χ1) is 6.20. The molecule has 1 aromatic heterocycles. The van der Waals surface area contributed by atoms with Crippen molar-refractivity contribution < 1.29 is 4.42 Å². The zero-order valence-electron chi connectivity index (χ0n) is 6.38. The van der Waals surface area contributed by atoms with E-state index in [2.05, 4.69) is 31.9 Å². The molecule has 0 aliphatic rings. The highest BCUT2D eigenvalue weighted by Crippen LogP contribution is 2.22. The van der Waals surface area contributed by atoms with Crippen LogP contribution in [-0.4, -0.2) is 0 Å². The van der Waals surface area contributed by atoms with Crippen molar-refractivity contribution in [2.24, 2.45) is 0 Å². The van der Waals surface area contributed by atoms with Crippen molar-refractivity contribution in [3.63, 3.8) is 0 Å². The van der Waals surface area contributed by atoms with E-state index in [-0.39, 0.29) is 5.43 Å². The Morgan fingerprint density at radius 1 is 1.15 bits per heavy atom. The highest BCUT2D eigenvalue weighted by molar-refractivity contribution is 9.11. The molecule has 0 atom stereocenters. The molecule has 1 aromatic carbocycles. The van der Waals surface area contributed by atoms with E-state index in [1.54, 1.807) is 6.07 Å². The molecule has 13 heavy (non-hydrogen) atoms. The highest BCUT2D eigenvalue weighted by atomic mass is 79.9. The first-order valence-electron chi connectivity index (χ1n) is 3.55. The maximum atomic E-state index is 11.6. The summed E-state index contributed by atoms with van der Waals surface area (Å²) in [7, 11) is 0. The average Bonchev–Trinajstić information content (AvgIpc) is 2.12. The third kappa shape index (κ3) is 1.44. The van der Waals surface area contributed by atoms with Gasteiger partial charge in [0.2, 0.25) is 5.43 Å². The number of benzene rings is 1. The first kappa shape index (κ1) is 8.97. The summed E-state index contributed by atoms with van der Waals surface area (Å²) < 4.78 is 6.41. The maximum absolute atomic E-state index is 11.6. The van der Waals surface area contributed by atoms with Gasteiger partial charge in [0.25, 0.3) is 0 Å². The quantitative estimate of drug-likeness (QED) is 0.747. The van der Waals surface area contributed by atoms with Gasteiger partial charge in [0.1, 0.15) is 16.3 Å². The van der Waals surface area contributed by atoms with E-state index in [4.69, 9.17) is 4.42 Å². The van der Waals surface area contributed by atoms with Gasteiger partial charge in [0.15, 0.2) is 0 Å². The fourth-order valence-corrected chi connectivity index (χ4v) is 1.93. The smallest absolute Gasteiger partial charge is 0.207 e. The lowest BCUT2D eigenvalue weighted by Gasteiger charge is -1.98. The molecule has 2 aromatic rings. The van der Waals surface area contributed by atoms with Gasteiger partial charge in [-0.05, 0) is 44.0 Å². The molecule has 66 valence electrons. The topological polar surface area (TPSA) is 30.2 Å². The van der Waals surface area contributed by atoms with E-state index in [0.717, 1.165) is 4.47 Å². The van der Waals surface area contributed by atoms with Crippen molar-refractivity contribution in [1.82, 2.24) is 0 Å². The Labute approximate surface area is 90.8 Å². The van der Waals surface area contributed by atoms with Crippen LogP contribution in [-0.2, 0) is 0 Å². The van der Waals surface area contributed by atoms with Gasteiger partial charge in [-0.15, -0.1) is 0 Å². The summed E-state index contributed by atoms with van der Waals surface area (Å²) in [5, 5.41) is 0.567. The minimum Gasteiger partial charge on any atom is -0.463 e. The van der Waals surface area contributed by atoms with E-state index in [1.807, 2.05) is 12.1 Å². The summed E-state index contributed by atoms with van der Waals surface area (Å²) in [6.45, 7) is 0. The predicted molar refractivity (Wildman–Crippen MR) is 57.9 cm³/mol. The molecule has 0 amide bonds. The molecule has 0 N–H and O–H groups in total. The first-order valence-corrected chi connectivity index (χ1v) is 5.14. The highest BCUT2D eigenvalue weighted by Gasteiger charge is 2.06. The Hall–Kier alpha value is -0.610. The number of fused-ring (bicyclic) bond motifs is 1. The van der Waals surface area contributed by atoms with E-state index in [0.29, 0.717) is 15.4 Å². The summed E-state index contributed by atoms with van der Waals surface area (Å²) in [4.78, 5) is 11.6. The molecule has 2 rings (SSSR count). The number of rotatable bonds is 0. The van der Waals surface area contributed by atoms with Gasteiger partial charge in [-0.3, -0.25) is 4.79 Å². The van der Waals surface area contributed by atoms with Crippen LogP contribution in [0.15, 0.2) is 42.6 Å². The van der Waals surface area contributed by atoms with Crippen LogP contribution in [0.25, 0.3) is 11.0 Å². The molecule has 0 radical (unpaired) electrons. The van der Waals surface area contributed by atoms with Crippen molar-refractivity contribution in [2.75, 3.05) is 0 Å². The van der Waals surface area contributed by atoms with E-state index in [1.165, 1.54) is 6.26 Å². The largest absolute Gasteiger partial charge is 0.463 e. The normalized spacial score (nSPS) is 10.6. The third-order valence-corrected chi connectivity index (χ3v) is 2.92. The van der Waals surface area contributed by atoms with Crippen molar-refractivity contribution in [3.05, 3.63) is 43.6 Å². The molecule has 0 fully saturated rings. The van der Waals surface area contributed by atoms with Gasteiger partial charge in [0, 0.05) is 4.47 Å². The van der Waals surface area contributed by atoms with E-state index >= 15 is 0 Å². The Balaban J connectivity index is 3.06. The minimum absolute atomic E-state index is 0.0614. The Kier molecular flexibility index (Phi) is 2.26. The standard InChI is InChI=1S/C9H4Br2O2/c10-5-2-1-3-7-8(5)9(12)6(11)4-13-7/h1-4H. The molecule has 4 heteroatoms. The fraction of sp³-hybridized carbons (Fsp3) is 0. The summed E-state index contributed by atoms with van der Waals surface area (Å²) >= 11 is 6.42. The second-order valence-corrected chi connectivity index (χ2v) is 4.23. The van der Waals surface area contributed by atoms with Crippen LogP contribution >= 0.6 is 31.9 Å². The number of hydrogen-bond acceptors (Lipinski definition) is 2. The van der Waals surface area contributed by atoms with Crippen LogP contribution in [0.2, 0.25) is 0 Å². The second kappa shape index (κ2) is 3.27. The maximum Gasteiger partial charge on any atom is 0.207 e. The van der Waals surface area contributed by atoms with Gasteiger partial charge >= 0.3 is 0 Å². The third-order valence-electron chi connectivity index (χ3n) is 1.71. The molecule has 0 aliphatic heterocycles. The summed E-state index contributed by atoms with van der Waals surface area (Å²) in [6, 6.07) is 5.39. The van der Waals surface area contributed by atoms with Crippen LogP contribution in [0.1, 0.15) is 0 Å². The summed E-state index contributed by atoms with van der Waals surface area (Å²) in [5.74, 6) is 0. The second-order valence-electron chi connectivity index (χ2n) is 2.53. The van der Waals surface area contributed by atoms with Crippen molar-refractivity contribution >= 4 is 42.8 Å². The zero-order chi connectivity index (χ0) is 9.42. The number of halogens is 2. The van der Waals surface area contributed by atoms with Gasteiger partial charge in [-0.2, -0.15) is 0 Å².